The molecular weight excluding hydrogens is 232 g/mol. The zero-order chi connectivity index (χ0) is 13.2. The summed E-state index contributed by atoms with van der Waals surface area (Å²) in [6.07, 6.45) is 8.09. The Kier molecular flexibility index (Phi) is 7.34. The summed E-state index contributed by atoms with van der Waals surface area (Å²) in [5.41, 5.74) is 0. The molecule has 0 atom stereocenters. The van der Waals surface area contributed by atoms with Gasteiger partial charge in [0.2, 0.25) is 0 Å². The average Bonchev–Trinajstić information content (AvgIpc) is 2.43. The molecule has 0 N–H and O–H groups in total. The van der Waals surface area contributed by atoms with Gasteiger partial charge in [-0.15, -0.1) is 0 Å². The summed E-state index contributed by atoms with van der Waals surface area (Å²) >= 11 is 0. The first-order valence-electron chi connectivity index (χ1n) is 6.62. The van der Waals surface area contributed by atoms with Gasteiger partial charge in [-0.1, -0.05) is 6.58 Å². The molecule has 4 nitrogen and oxygen atoms in total. The van der Waals surface area contributed by atoms with Crippen LogP contribution in [-0.2, 0) is 19.1 Å². The van der Waals surface area contributed by atoms with E-state index in [9.17, 15) is 9.59 Å². The third kappa shape index (κ3) is 5.96. The Labute approximate surface area is 108 Å². The molecule has 0 heterocycles. The fraction of sp³-hybridized carbons (Fsp3) is 0.714. The standard InChI is InChI=1S/C14H22O4/c1-2-14(16)18-10-4-3-9-17-13-7-5-12(11-15)6-8-13/h2,11-13H,1,3-10H2. The minimum absolute atomic E-state index is 0.239. The van der Waals surface area contributed by atoms with Crippen LogP contribution in [-0.4, -0.2) is 31.6 Å². The van der Waals surface area contributed by atoms with Crippen LogP contribution in [0.15, 0.2) is 12.7 Å². The van der Waals surface area contributed by atoms with Crippen molar-refractivity contribution in [3.8, 4) is 0 Å². The van der Waals surface area contributed by atoms with Crippen molar-refractivity contribution in [3.63, 3.8) is 0 Å². The lowest BCUT2D eigenvalue weighted by Crippen LogP contribution is -2.22. The Morgan fingerprint density at radius 1 is 1.17 bits per heavy atom. The molecule has 1 saturated carbocycles. The highest BCUT2D eigenvalue weighted by Crippen LogP contribution is 2.24. The molecule has 1 aliphatic carbocycles. The number of carbonyl (C=O) groups excluding carboxylic acids is 2. The molecule has 1 aliphatic rings. The molecule has 0 spiro atoms. The quantitative estimate of drug-likeness (QED) is 0.288. The first kappa shape index (κ1) is 14.9. The van der Waals surface area contributed by atoms with Crippen LogP contribution < -0.4 is 0 Å². The number of aldehydes is 1. The lowest BCUT2D eigenvalue weighted by Gasteiger charge is -2.25. The van der Waals surface area contributed by atoms with E-state index >= 15 is 0 Å². The molecule has 0 aliphatic heterocycles. The second-order valence-electron chi connectivity index (χ2n) is 4.62. The Hall–Kier alpha value is -1.16. The van der Waals surface area contributed by atoms with Gasteiger partial charge in [0.15, 0.2) is 0 Å². The van der Waals surface area contributed by atoms with Crippen LogP contribution in [0.3, 0.4) is 0 Å². The normalized spacial score (nSPS) is 23.3. The highest BCUT2D eigenvalue weighted by atomic mass is 16.5. The molecule has 102 valence electrons. The molecule has 0 amide bonds. The minimum Gasteiger partial charge on any atom is -0.463 e. The molecule has 1 rings (SSSR count). The number of esters is 1. The van der Waals surface area contributed by atoms with Crippen molar-refractivity contribution in [2.24, 2.45) is 5.92 Å². The summed E-state index contributed by atoms with van der Waals surface area (Å²) < 4.78 is 10.6. The molecule has 4 heteroatoms. The Bertz CT molecular complexity index is 267. The highest BCUT2D eigenvalue weighted by Gasteiger charge is 2.20. The van der Waals surface area contributed by atoms with Crippen LogP contribution in [0.25, 0.3) is 0 Å². The maximum absolute atomic E-state index is 10.8. The summed E-state index contributed by atoms with van der Waals surface area (Å²) in [5.74, 6) is -0.133. The van der Waals surface area contributed by atoms with E-state index in [4.69, 9.17) is 9.47 Å². The van der Waals surface area contributed by atoms with Crippen LogP contribution in [0.4, 0.5) is 0 Å². The molecule has 0 aromatic rings. The number of ether oxygens (including phenoxy) is 2. The van der Waals surface area contributed by atoms with Crippen LogP contribution in [0.5, 0.6) is 0 Å². The van der Waals surface area contributed by atoms with Crippen molar-refractivity contribution in [1.29, 1.82) is 0 Å². The van der Waals surface area contributed by atoms with Crippen molar-refractivity contribution in [2.75, 3.05) is 13.2 Å². The molecule has 1 fully saturated rings. The van der Waals surface area contributed by atoms with E-state index in [1.165, 1.54) is 6.08 Å². The molecule has 0 unspecified atom stereocenters. The molecule has 0 bridgehead atoms. The van der Waals surface area contributed by atoms with Gasteiger partial charge in [0, 0.05) is 18.6 Å². The SMILES string of the molecule is C=CC(=O)OCCCCOC1CCC(C=O)CC1. The largest absolute Gasteiger partial charge is 0.463 e. The van der Waals surface area contributed by atoms with E-state index in [0.29, 0.717) is 19.3 Å². The summed E-state index contributed by atoms with van der Waals surface area (Å²) in [4.78, 5) is 21.3. The molecule has 18 heavy (non-hydrogen) atoms. The summed E-state index contributed by atoms with van der Waals surface area (Å²) in [6.45, 7) is 4.45. The second-order valence-corrected chi connectivity index (χ2v) is 4.62. The Morgan fingerprint density at radius 2 is 1.83 bits per heavy atom. The van der Waals surface area contributed by atoms with Gasteiger partial charge in [-0.05, 0) is 38.5 Å². The Balaban J connectivity index is 1.94. The number of hydrogen-bond donors (Lipinski definition) is 0. The lowest BCUT2D eigenvalue weighted by atomic mass is 9.88. The third-order valence-electron chi connectivity index (χ3n) is 3.21. The lowest BCUT2D eigenvalue weighted by molar-refractivity contribution is -0.138. The average molecular weight is 254 g/mol. The van der Waals surface area contributed by atoms with E-state index in [0.717, 1.165) is 44.8 Å². The minimum atomic E-state index is -0.372. The van der Waals surface area contributed by atoms with Crippen LogP contribution in [0.2, 0.25) is 0 Å². The van der Waals surface area contributed by atoms with E-state index < -0.39 is 0 Å². The zero-order valence-electron chi connectivity index (χ0n) is 10.8. The van der Waals surface area contributed by atoms with E-state index in [1.807, 2.05) is 0 Å². The highest BCUT2D eigenvalue weighted by molar-refractivity contribution is 5.81. The smallest absolute Gasteiger partial charge is 0.330 e. The molecule has 0 radical (unpaired) electrons. The first-order valence-corrected chi connectivity index (χ1v) is 6.62. The Morgan fingerprint density at radius 3 is 2.44 bits per heavy atom. The fourth-order valence-electron chi connectivity index (χ4n) is 2.08. The van der Waals surface area contributed by atoms with E-state index in [1.54, 1.807) is 0 Å². The van der Waals surface area contributed by atoms with Crippen molar-refractivity contribution < 1.29 is 19.1 Å². The maximum atomic E-state index is 10.8. The van der Waals surface area contributed by atoms with Gasteiger partial charge in [-0.2, -0.15) is 0 Å². The summed E-state index contributed by atoms with van der Waals surface area (Å²) in [5, 5.41) is 0. The van der Waals surface area contributed by atoms with Crippen molar-refractivity contribution >= 4 is 12.3 Å². The van der Waals surface area contributed by atoms with Crippen molar-refractivity contribution in [2.45, 2.75) is 44.6 Å². The van der Waals surface area contributed by atoms with Gasteiger partial charge in [0.1, 0.15) is 6.29 Å². The molecule has 0 aromatic carbocycles. The van der Waals surface area contributed by atoms with Crippen LogP contribution in [0.1, 0.15) is 38.5 Å². The van der Waals surface area contributed by atoms with Crippen LogP contribution in [0, 0.1) is 5.92 Å². The summed E-state index contributed by atoms with van der Waals surface area (Å²) in [7, 11) is 0. The van der Waals surface area contributed by atoms with E-state index in [-0.39, 0.29) is 11.9 Å². The van der Waals surface area contributed by atoms with Gasteiger partial charge in [0.05, 0.1) is 12.7 Å². The molecular formula is C14H22O4. The van der Waals surface area contributed by atoms with Gasteiger partial charge < -0.3 is 14.3 Å². The van der Waals surface area contributed by atoms with Gasteiger partial charge in [0.25, 0.3) is 0 Å². The molecule has 0 saturated heterocycles. The van der Waals surface area contributed by atoms with Gasteiger partial charge >= 0.3 is 5.97 Å². The zero-order valence-corrected chi connectivity index (χ0v) is 10.8. The number of hydrogen-bond acceptors (Lipinski definition) is 4. The topological polar surface area (TPSA) is 52.6 Å². The van der Waals surface area contributed by atoms with Crippen LogP contribution >= 0.6 is 0 Å². The maximum Gasteiger partial charge on any atom is 0.330 e. The third-order valence-corrected chi connectivity index (χ3v) is 3.21. The second kappa shape index (κ2) is 8.86. The summed E-state index contributed by atoms with van der Waals surface area (Å²) in [6, 6.07) is 0. The molecule has 0 aromatic heterocycles. The van der Waals surface area contributed by atoms with Crippen molar-refractivity contribution in [1.82, 2.24) is 0 Å². The van der Waals surface area contributed by atoms with E-state index in [2.05, 4.69) is 6.58 Å². The monoisotopic (exact) mass is 254 g/mol. The van der Waals surface area contributed by atoms with Gasteiger partial charge in [-0.3, -0.25) is 0 Å². The predicted octanol–water partition coefficient (Wildman–Crippen LogP) is 2.27. The number of unbranched alkanes of at least 4 members (excludes halogenated alkanes) is 1. The van der Waals surface area contributed by atoms with Gasteiger partial charge in [-0.25, -0.2) is 4.79 Å². The first-order chi connectivity index (χ1) is 8.76. The fourth-order valence-corrected chi connectivity index (χ4v) is 2.08. The number of rotatable bonds is 8. The van der Waals surface area contributed by atoms with Crippen molar-refractivity contribution in [3.05, 3.63) is 12.7 Å². The number of carbonyl (C=O) groups is 2. The predicted molar refractivity (Wildman–Crippen MR) is 68.2 cm³/mol.